The molecule has 2 N–H and O–H groups in total. The number of aromatic hydroxyl groups is 1. The second kappa shape index (κ2) is 8.59. The molecule has 0 spiro atoms. The van der Waals surface area contributed by atoms with Crippen LogP contribution in [-0.4, -0.2) is 5.11 Å². The zero-order chi connectivity index (χ0) is 17.1. The van der Waals surface area contributed by atoms with Crippen molar-refractivity contribution in [1.82, 2.24) is 0 Å². The summed E-state index contributed by atoms with van der Waals surface area (Å²) in [7, 11) is 0. The van der Waals surface area contributed by atoms with Gasteiger partial charge < -0.3 is 17.5 Å². The Morgan fingerprint density at radius 3 is 2.68 bits per heavy atom. The molecule has 0 fully saturated rings. The average molecular weight is 414 g/mol. The molecule has 7 heteroatoms. The Morgan fingerprint density at radius 2 is 2.00 bits per heavy atom. The number of allylic oxidation sites excluding steroid dienone is 1. The number of anilines is 2. The van der Waals surface area contributed by atoms with Gasteiger partial charge >= 0.3 is 5.13 Å². The maximum absolute atomic E-state index is 9.62. The van der Waals surface area contributed by atoms with Gasteiger partial charge in [0.25, 0.3) is 0 Å². The number of hydrogen-bond acceptors (Lipinski definition) is 3. The highest BCUT2D eigenvalue weighted by Crippen LogP contribution is 2.32. The standard InChI is InChI=1S/C18H14Cl2N2OS.ClH/c1-2-8-22-17(15-7-6-12(19)9-16(15)20)11-24-18(22)21-13-4-3-5-14(23)10-13;/h2-7,9-11,23H,1,8H2;1H. The Kier molecular flexibility index (Phi) is 6.73. The summed E-state index contributed by atoms with van der Waals surface area (Å²) in [5.74, 6) is 0.216. The van der Waals surface area contributed by atoms with Crippen molar-refractivity contribution >= 4 is 45.4 Å². The van der Waals surface area contributed by atoms with E-state index in [1.165, 1.54) is 0 Å². The third-order valence-corrected chi connectivity index (χ3v) is 4.87. The van der Waals surface area contributed by atoms with Crippen molar-refractivity contribution in [2.75, 3.05) is 5.32 Å². The third kappa shape index (κ3) is 4.47. The first-order valence-electron chi connectivity index (χ1n) is 7.22. The molecule has 3 aromatic rings. The Hall–Kier alpha value is -1.72. The smallest absolute Gasteiger partial charge is 0.339 e. The van der Waals surface area contributed by atoms with Crippen LogP contribution in [-0.2, 0) is 6.54 Å². The number of benzene rings is 2. The number of hydrogen-bond donors (Lipinski definition) is 2. The molecule has 0 amide bonds. The lowest BCUT2D eigenvalue weighted by Gasteiger charge is -2.06. The van der Waals surface area contributed by atoms with Crippen molar-refractivity contribution < 1.29 is 22.1 Å². The van der Waals surface area contributed by atoms with Crippen LogP contribution in [0.25, 0.3) is 11.3 Å². The van der Waals surface area contributed by atoms with E-state index in [9.17, 15) is 5.11 Å². The van der Waals surface area contributed by atoms with Gasteiger partial charge in [-0.25, -0.2) is 9.88 Å². The summed E-state index contributed by atoms with van der Waals surface area (Å²) in [6, 6.07) is 12.5. The Morgan fingerprint density at radius 1 is 1.20 bits per heavy atom. The van der Waals surface area contributed by atoms with E-state index in [1.54, 1.807) is 35.6 Å². The van der Waals surface area contributed by atoms with E-state index >= 15 is 0 Å². The number of phenolic OH excluding ortho intramolecular Hbond substituents is 1. The second-order valence-electron chi connectivity index (χ2n) is 5.12. The molecule has 1 heterocycles. The minimum absolute atomic E-state index is 0. The molecule has 25 heavy (non-hydrogen) atoms. The molecule has 0 atom stereocenters. The van der Waals surface area contributed by atoms with Crippen LogP contribution < -0.4 is 22.3 Å². The van der Waals surface area contributed by atoms with E-state index < -0.39 is 0 Å². The number of phenols is 1. The normalized spacial score (nSPS) is 10.2. The van der Waals surface area contributed by atoms with Gasteiger partial charge in [-0.2, -0.15) is 0 Å². The van der Waals surface area contributed by atoms with Crippen LogP contribution in [0.2, 0.25) is 10.0 Å². The van der Waals surface area contributed by atoms with Crippen LogP contribution in [0.1, 0.15) is 0 Å². The molecule has 0 bridgehead atoms. The number of nitrogens with one attached hydrogen (secondary N) is 1. The largest absolute Gasteiger partial charge is 1.00 e. The van der Waals surface area contributed by atoms with Gasteiger partial charge in [0, 0.05) is 22.0 Å². The molecule has 1 aromatic heterocycles. The summed E-state index contributed by atoms with van der Waals surface area (Å²) in [5.41, 5.74) is 2.69. The molecule has 3 rings (SSSR count). The Labute approximate surface area is 166 Å². The van der Waals surface area contributed by atoms with E-state index in [1.807, 2.05) is 29.7 Å². The van der Waals surface area contributed by atoms with Crippen LogP contribution in [0.5, 0.6) is 5.75 Å². The van der Waals surface area contributed by atoms with E-state index in [0.717, 1.165) is 22.1 Å². The van der Waals surface area contributed by atoms with Crippen LogP contribution >= 0.6 is 34.5 Å². The number of aromatic nitrogens is 1. The SMILES string of the molecule is C=CC[n+]1c(-c2ccc(Cl)cc2Cl)csc1Nc1cccc(O)c1.[Cl-]. The highest BCUT2D eigenvalue weighted by molar-refractivity contribution is 7.13. The summed E-state index contributed by atoms with van der Waals surface area (Å²) in [6.07, 6.45) is 1.83. The second-order valence-corrected chi connectivity index (χ2v) is 6.83. The zero-order valence-electron chi connectivity index (χ0n) is 13.0. The first-order chi connectivity index (χ1) is 11.6. The minimum atomic E-state index is 0. The molecular formula is C18H15Cl3N2OS. The topological polar surface area (TPSA) is 36.1 Å². The van der Waals surface area contributed by atoms with Crippen molar-refractivity contribution in [3.8, 4) is 17.0 Å². The first-order valence-corrected chi connectivity index (χ1v) is 8.85. The van der Waals surface area contributed by atoms with Crippen molar-refractivity contribution in [2.24, 2.45) is 0 Å². The van der Waals surface area contributed by atoms with Gasteiger partial charge in [-0.15, -0.1) is 0 Å². The number of thiazole rings is 1. The summed E-state index contributed by atoms with van der Waals surface area (Å²) < 4.78 is 2.08. The quantitative estimate of drug-likeness (QED) is 0.498. The van der Waals surface area contributed by atoms with E-state index in [0.29, 0.717) is 16.6 Å². The molecule has 2 aromatic carbocycles. The monoisotopic (exact) mass is 412 g/mol. The molecule has 130 valence electrons. The van der Waals surface area contributed by atoms with Gasteiger partial charge in [0.15, 0.2) is 0 Å². The van der Waals surface area contributed by atoms with Crippen LogP contribution in [0.4, 0.5) is 10.8 Å². The van der Waals surface area contributed by atoms with Crippen molar-refractivity contribution in [1.29, 1.82) is 0 Å². The first kappa shape index (κ1) is 19.6. The molecule has 0 aliphatic heterocycles. The zero-order valence-corrected chi connectivity index (χ0v) is 16.1. The number of nitrogens with zero attached hydrogens (tertiary/aromatic N) is 1. The summed E-state index contributed by atoms with van der Waals surface area (Å²) >= 11 is 13.9. The fourth-order valence-electron chi connectivity index (χ4n) is 2.37. The van der Waals surface area contributed by atoms with Crippen molar-refractivity contribution in [2.45, 2.75) is 6.54 Å². The molecule has 0 saturated heterocycles. The summed E-state index contributed by atoms with van der Waals surface area (Å²) in [5, 5.41) is 17.1. The average Bonchev–Trinajstić information content (AvgIpc) is 2.91. The molecular weight excluding hydrogens is 399 g/mol. The van der Waals surface area contributed by atoms with Crippen LogP contribution in [0.3, 0.4) is 0 Å². The fourth-order valence-corrected chi connectivity index (χ4v) is 3.83. The van der Waals surface area contributed by atoms with E-state index in [-0.39, 0.29) is 18.2 Å². The Balaban J connectivity index is 0.00000225. The predicted octanol–water partition coefficient (Wildman–Crippen LogP) is 2.65. The summed E-state index contributed by atoms with van der Waals surface area (Å²) in [6.45, 7) is 4.46. The summed E-state index contributed by atoms with van der Waals surface area (Å²) in [4.78, 5) is 0. The fraction of sp³-hybridized carbons (Fsp3) is 0.0556. The van der Waals surface area contributed by atoms with Crippen LogP contribution in [0, 0.1) is 0 Å². The highest BCUT2D eigenvalue weighted by atomic mass is 35.5. The molecule has 0 aliphatic rings. The van der Waals surface area contributed by atoms with E-state index in [2.05, 4.69) is 16.5 Å². The lowest BCUT2D eigenvalue weighted by molar-refractivity contribution is -0.657. The minimum Gasteiger partial charge on any atom is -1.00 e. The lowest BCUT2D eigenvalue weighted by Crippen LogP contribution is -3.00. The molecule has 3 nitrogen and oxygen atoms in total. The van der Waals surface area contributed by atoms with Gasteiger partial charge in [0.2, 0.25) is 0 Å². The Bertz CT molecular complexity index is 896. The maximum atomic E-state index is 9.62. The van der Waals surface area contributed by atoms with Gasteiger partial charge in [0.1, 0.15) is 23.7 Å². The molecule has 0 unspecified atom stereocenters. The highest BCUT2D eigenvalue weighted by Gasteiger charge is 2.20. The van der Waals surface area contributed by atoms with Crippen molar-refractivity contribution in [3.63, 3.8) is 0 Å². The predicted molar refractivity (Wildman–Crippen MR) is 102 cm³/mol. The van der Waals surface area contributed by atoms with Gasteiger partial charge in [-0.1, -0.05) is 53.3 Å². The molecule has 0 saturated carbocycles. The van der Waals surface area contributed by atoms with Crippen LogP contribution in [0.15, 0.2) is 60.5 Å². The van der Waals surface area contributed by atoms with Crippen molar-refractivity contribution in [3.05, 3.63) is 70.5 Å². The van der Waals surface area contributed by atoms with Gasteiger partial charge in [-0.05, 0) is 30.3 Å². The molecule has 0 aliphatic carbocycles. The third-order valence-electron chi connectivity index (χ3n) is 3.43. The van der Waals surface area contributed by atoms with Gasteiger partial charge in [-0.3, -0.25) is 0 Å². The lowest BCUT2D eigenvalue weighted by atomic mass is 10.1. The molecule has 0 radical (unpaired) electrons. The number of halogens is 3. The van der Waals surface area contributed by atoms with Gasteiger partial charge in [0.05, 0.1) is 5.02 Å². The van der Waals surface area contributed by atoms with E-state index in [4.69, 9.17) is 23.2 Å². The maximum Gasteiger partial charge on any atom is 0.339 e. The number of rotatable bonds is 5.